The Morgan fingerprint density at radius 3 is 2.06 bits per heavy atom. The van der Waals surface area contributed by atoms with Crippen LogP contribution in [0.5, 0.6) is 0 Å². The van der Waals surface area contributed by atoms with Gasteiger partial charge in [0.15, 0.2) is 0 Å². The number of fused-ring (bicyclic) bond motifs is 12. The Balaban J connectivity index is 0.000000580. The summed E-state index contributed by atoms with van der Waals surface area (Å²) < 4.78 is 9.27. The van der Waals surface area contributed by atoms with E-state index in [1.165, 1.54) is 128 Å². The number of nitrogens with zero attached hydrogens (tertiary/aromatic N) is 1. The van der Waals surface area contributed by atoms with Crippen molar-refractivity contribution in [3.05, 3.63) is 293 Å². The van der Waals surface area contributed by atoms with Crippen molar-refractivity contribution in [3.8, 4) is 22.3 Å². The molecule has 4 aliphatic carbocycles. The van der Waals surface area contributed by atoms with E-state index in [4.69, 9.17) is 4.42 Å². The fourth-order valence-electron chi connectivity index (χ4n) is 14.8. The van der Waals surface area contributed by atoms with Crippen molar-refractivity contribution in [2.75, 3.05) is 0 Å². The minimum Gasteiger partial charge on any atom is -0.456 e. The number of para-hydroxylation sites is 2. The van der Waals surface area contributed by atoms with Gasteiger partial charge in [0.05, 0.1) is 11.5 Å². The molecule has 0 saturated heterocycles. The summed E-state index contributed by atoms with van der Waals surface area (Å²) in [4.78, 5) is 0. The summed E-state index contributed by atoms with van der Waals surface area (Å²) in [6.45, 7) is 19.5. The van der Waals surface area contributed by atoms with E-state index in [0.29, 0.717) is 0 Å². The summed E-state index contributed by atoms with van der Waals surface area (Å²) in [5.41, 5.74) is 24.8. The zero-order valence-corrected chi connectivity index (χ0v) is 50.3. The highest BCUT2D eigenvalue weighted by Gasteiger charge is 2.55. The smallest absolute Gasteiger partial charge is 0.136 e. The summed E-state index contributed by atoms with van der Waals surface area (Å²) in [7, 11) is 0. The number of hydrogen-bond donors (Lipinski definition) is 0. The van der Waals surface area contributed by atoms with Gasteiger partial charge in [0.25, 0.3) is 0 Å². The molecule has 0 amide bonds. The lowest BCUT2D eigenvalue weighted by molar-refractivity contribution is 0.555. The minimum atomic E-state index is -0.534. The quantitative estimate of drug-likeness (QED) is 0.0993. The maximum Gasteiger partial charge on any atom is 0.136 e. The van der Waals surface area contributed by atoms with Gasteiger partial charge >= 0.3 is 0 Å². The summed E-state index contributed by atoms with van der Waals surface area (Å²) in [6.07, 6.45) is 32.7. The highest BCUT2D eigenvalue weighted by Crippen LogP contribution is 2.66. The normalized spacial score (nSPS) is 18.3. The molecule has 8 aromatic carbocycles. The molecule has 0 saturated carbocycles. The maximum atomic E-state index is 6.64. The van der Waals surface area contributed by atoms with E-state index in [2.05, 4.69) is 245 Å². The second kappa shape index (κ2) is 23.9. The van der Waals surface area contributed by atoms with Gasteiger partial charge in [0, 0.05) is 38.0 Å². The van der Waals surface area contributed by atoms with Crippen LogP contribution >= 0.6 is 0 Å². The topological polar surface area (TPSA) is 18.1 Å². The molecule has 0 bridgehead atoms. The highest BCUT2D eigenvalue weighted by molar-refractivity contribution is 6.17. The first-order valence-corrected chi connectivity index (χ1v) is 31.2. The van der Waals surface area contributed by atoms with E-state index >= 15 is 0 Å². The Morgan fingerprint density at radius 1 is 0.631 bits per heavy atom. The van der Waals surface area contributed by atoms with Gasteiger partial charge in [0.1, 0.15) is 11.2 Å². The summed E-state index contributed by atoms with van der Waals surface area (Å²) in [5.74, 6) is 0. The third-order valence-corrected chi connectivity index (χ3v) is 18.3. The average molecular weight is 1090 g/mol. The third kappa shape index (κ3) is 9.00. The van der Waals surface area contributed by atoms with Crippen molar-refractivity contribution in [2.45, 2.75) is 117 Å². The molecule has 84 heavy (non-hydrogen) atoms. The fraction of sp³-hybridized carbons (Fsp3) is 0.220. The van der Waals surface area contributed by atoms with Gasteiger partial charge in [-0.25, -0.2) is 0 Å². The number of hydrogen-bond acceptors (Lipinski definition) is 1. The van der Waals surface area contributed by atoms with Crippen LogP contribution in [0.4, 0.5) is 0 Å². The SMILES string of the molecule is C/C=C/C=C\C=C/CC.C=C/C=C1/c2cccc3oc4cccc(c4c23)C1(C)c1cccc2c1-c1ccc(-c3cccc(/C(=C/C(CCCC)n4c5ccccc5c5ccccc54)CCC)c3)cc1C21C2=C(CCC=C2)c2ccccc21.CC. The lowest BCUT2D eigenvalue weighted by Gasteiger charge is -2.39. The molecule has 2 aromatic heterocycles. The first-order chi connectivity index (χ1) is 41.4. The highest BCUT2D eigenvalue weighted by atomic mass is 16.3. The Hall–Kier alpha value is -8.72. The number of allylic oxidation sites excluding steroid dienone is 15. The van der Waals surface area contributed by atoms with Gasteiger partial charge in [-0.15, -0.1) is 0 Å². The molecular formula is C82H79NO. The summed E-state index contributed by atoms with van der Waals surface area (Å²) in [5, 5.41) is 5.07. The number of rotatable bonds is 14. The molecule has 0 aliphatic heterocycles. The first-order valence-electron chi connectivity index (χ1n) is 31.2. The van der Waals surface area contributed by atoms with Crippen LogP contribution in [0.25, 0.3) is 82.7 Å². The molecule has 2 heteroatoms. The van der Waals surface area contributed by atoms with E-state index in [-0.39, 0.29) is 6.04 Å². The summed E-state index contributed by atoms with van der Waals surface area (Å²) >= 11 is 0. The zero-order chi connectivity index (χ0) is 58.0. The van der Waals surface area contributed by atoms with Crippen molar-refractivity contribution in [2.24, 2.45) is 0 Å². The van der Waals surface area contributed by atoms with Crippen LogP contribution in [-0.4, -0.2) is 4.57 Å². The minimum absolute atomic E-state index is 0.226. The predicted molar refractivity (Wildman–Crippen MR) is 363 cm³/mol. The van der Waals surface area contributed by atoms with Crippen molar-refractivity contribution >= 4 is 60.5 Å². The molecule has 10 aromatic rings. The first kappa shape index (κ1) is 55.8. The molecule has 418 valence electrons. The van der Waals surface area contributed by atoms with Gasteiger partial charge < -0.3 is 8.98 Å². The molecule has 0 N–H and O–H groups in total. The van der Waals surface area contributed by atoms with E-state index in [1.807, 2.05) is 51.2 Å². The van der Waals surface area contributed by atoms with Crippen molar-refractivity contribution < 1.29 is 4.42 Å². The molecule has 4 aliphatic rings. The lowest BCUT2D eigenvalue weighted by Crippen LogP contribution is -2.30. The van der Waals surface area contributed by atoms with Crippen molar-refractivity contribution in [3.63, 3.8) is 0 Å². The van der Waals surface area contributed by atoms with Crippen LogP contribution in [-0.2, 0) is 10.8 Å². The largest absolute Gasteiger partial charge is 0.456 e. The monoisotopic (exact) mass is 1090 g/mol. The van der Waals surface area contributed by atoms with Crippen LogP contribution in [0.3, 0.4) is 0 Å². The van der Waals surface area contributed by atoms with Gasteiger partial charge in [-0.2, -0.15) is 0 Å². The fourth-order valence-corrected chi connectivity index (χ4v) is 14.8. The Labute approximate surface area is 499 Å². The van der Waals surface area contributed by atoms with Gasteiger partial charge in [-0.3, -0.25) is 0 Å². The molecule has 0 radical (unpaired) electrons. The zero-order valence-electron chi connectivity index (χ0n) is 50.3. The van der Waals surface area contributed by atoms with Crippen LogP contribution in [0.15, 0.2) is 253 Å². The Morgan fingerprint density at radius 2 is 1.30 bits per heavy atom. The van der Waals surface area contributed by atoms with Gasteiger partial charge in [-0.05, 0) is 171 Å². The second-order valence-corrected chi connectivity index (χ2v) is 22.9. The van der Waals surface area contributed by atoms with Crippen LogP contribution in [0, 0.1) is 0 Å². The lowest BCUT2D eigenvalue weighted by atomic mass is 9.62. The number of aromatic nitrogens is 1. The molecule has 2 heterocycles. The molecular weight excluding hydrogens is 1010 g/mol. The molecule has 14 rings (SSSR count). The van der Waals surface area contributed by atoms with E-state index in [9.17, 15) is 0 Å². The standard InChI is InChI=1S/C71H59NO.C9H14.C2H6/c1-5-8-25-49(72-63-36-15-11-28-52(63)53-29-12-16-37-64(53)72)43-45(21-6-2)46-23-17-24-47(42-46)48-40-41-55-62(44-48)71(57-31-13-9-26-50(57)51-27-10-14-32-58(51)71)61-35-19-33-59(67(55)61)70(4)56(22-7-3)54-30-18-38-65-68(54)69-60(70)34-20-39-66(69)73-65;1-3-5-7-9-8-6-4-2;1-2/h7,9,11-20,22-24,26,28-44,49H,3,5-6,8,10,21,25,27H2,1-2,4H3;3,5-9H,4H2,1-2H3;1-2H3/b45-43+,56-22-;5-3+,8-6-,9-7-;. The Bertz CT molecular complexity index is 4320. The van der Waals surface area contributed by atoms with Crippen LogP contribution in [0.2, 0.25) is 0 Å². The number of furan rings is 1. The summed E-state index contributed by atoms with van der Waals surface area (Å²) in [6, 6.07) is 64.9. The molecule has 2 nitrogen and oxygen atoms in total. The number of unbranched alkanes of at least 4 members (excludes halogenated alkanes) is 1. The van der Waals surface area contributed by atoms with Crippen molar-refractivity contribution in [1.29, 1.82) is 0 Å². The second-order valence-electron chi connectivity index (χ2n) is 22.9. The van der Waals surface area contributed by atoms with E-state index < -0.39 is 10.8 Å². The van der Waals surface area contributed by atoms with E-state index in [0.717, 1.165) is 56.1 Å². The van der Waals surface area contributed by atoms with E-state index in [1.54, 1.807) is 0 Å². The molecule has 3 unspecified atom stereocenters. The van der Waals surface area contributed by atoms with Gasteiger partial charge in [-0.1, -0.05) is 261 Å². The Kier molecular flexibility index (Phi) is 15.9. The third-order valence-electron chi connectivity index (χ3n) is 18.3. The predicted octanol–water partition coefficient (Wildman–Crippen LogP) is 23.4. The average Bonchev–Trinajstić information content (AvgIpc) is 1.52. The van der Waals surface area contributed by atoms with Crippen molar-refractivity contribution in [1.82, 2.24) is 4.57 Å². The molecule has 0 fully saturated rings. The van der Waals surface area contributed by atoms with Crippen LogP contribution in [0.1, 0.15) is 150 Å². The maximum absolute atomic E-state index is 6.64. The molecule has 3 atom stereocenters. The van der Waals surface area contributed by atoms with Crippen LogP contribution < -0.4 is 0 Å². The number of benzene rings is 8. The molecule has 1 spiro atoms. The van der Waals surface area contributed by atoms with Gasteiger partial charge in [0.2, 0.25) is 0 Å².